The van der Waals surface area contributed by atoms with Crippen LogP contribution in [-0.2, 0) is 0 Å². The van der Waals surface area contributed by atoms with Crippen molar-refractivity contribution >= 4 is 0 Å². The van der Waals surface area contributed by atoms with Crippen molar-refractivity contribution in [3.63, 3.8) is 0 Å². The van der Waals surface area contributed by atoms with Crippen LogP contribution >= 0.6 is 0 Å². The van der Waals surface area contributed by atoms with E-state index < -0.39 is 0 Å². The number of hydrogen-bond donors (Lipinski definition) is 0. The van der Waals surface area contributed by atoms with Crippen LogP contribution in [0, 0.1) is 23.2 Å². The molecule has 1 aliphatic rings. The lowest BCUT2D eigenvalue weighted by Crippen LogP contribution is -2.37. The molecule has 0 nitrogen and oxygen atoms in total. The van der Waals surface area contributed by atoms with Crippen molar-refractivity contribution in [2.75, 3.05) is 0 Å². The van der Waals surface area contributed by atoms with E-state index in [1.165, 1.54) is 116 Å². The SMILES string of the molecule is CCC/C1=C(\CCC)C(CCC)(CCC)/C(CCC)=C(/CCC)[C@H](CCC)C(CCC)[C@@H]1CCC. The average Bonchev–Trinajstić information content (AvgIpc) is 2.84. The van der Waals surface area contributed by atoms with E-state index in [0.717, 1.165) is 17.8 Å². The first-order chi connectivity index (χ1) is 17.0. The molecule has 1 rings (SSSR count). The topological polar surface area (TPSA) is 0 Å². The average molecular weight is 487 g/mol. The van der Waals surface area contributed by atoms with Gasteiger partial charge in [0.1, 0.15) is 0 Å². The van der Waals surface area contributed by atoms with E-state index in [-0.39, 0.29) is 0 Å². The van der Waals surface area contributed by atoms with E-state index in [1.54, 1.807) is 0 Å². The van der Waals surface area contributed by atoms with Crippen LogP contribution < -0.4 is 0 Å². The van der Waals surface area contributed by atoms with Crippen molar-refractivity contribution in [1.82, 2.24) is 0 Å². The molecular formula is C35H66. The molecule has 0 bridgehead atoms. The molecule has 0 saturated heterocycles. The number of hydrogen-bond acceptors (Lipinski definition) is 0. The minimum absolute atomic E-state index is 0.333. The van der Waals surface area contributed by atoms with Crippen LogP contribution in [0.15, 0.2) is 22.3 Å². The van der Waals surface area contributed by atoms with E-state index in [0.29, 0.717) is 5.41 Å². The van der Waals surface area contributed by atoms with Crippen molar-refractivity contribution in [2.24, 2.45) is 23.2 Å². The first-order valence-corrected chi connectivity index (χ1v) is 16.5. The van der Waals surface area contributed by atoms with E-state index in [2.05, 4.69) is 62.3 Å². The van der Waals surface area contributed by atoms with Gasteiger partial charge in [0.2, 0.25) is 0 Å². The zero-order valence-corrected chi connectivity index (χ0v) is 26.0. The highest BCUT2D eigenvalue weighted by Gasteiger charge is 2.44. The molecule has 0 heteroatoms. The number of allylic oxidation sites excluding steroid dienone is 4. The maximum absolute atomic E-state index is 2.47. The third-order valence-electron chi connectivity index (χ3n) is 9.07. The Morgan fingerprint density at radius 3 is 1.09 bits per heavy atom. The molecule has 1 unspecified atom stereocenters. The standard InChI is InChI=1S/C35H66/c1-10-19-28-29(20-11-2)31(22-13-4)33(24-15-6)35(26-17-8,27-18-9)34(25-16-7)32(23-14-5)30(28)21-12-3/h28-30H,10-27H2,1-9H3/b33-31-,34-32-/t28?,29-,30+. The zero-order chi connectivity index (χ0) is 26.3. The molecule has 0 spiro atoms. The summed E-state index contributed by atoms with van der Waals surface area (Å²) in [6.45, 7) is 22.1. The third kappa shape index (κ3) is 7.98. The van der Waals surface area contributed by atoms with Gasteiger partial charge in [0.15, 0.2) is 0 Å². The normalized spacial score (nSPS) is 27.2. The van der Waals surface area contributed by atoms with Gasteiger partial charge >= 0.3 is 0 Å². The lowest BCUT2D eigenvalue weighted by Gasteiger charge is -2.49. The van der Waals surface area contributed by atoms with Crippen molar-refractivity contribution in [3.8, 4) is 0 Å². The molecule has 1 aliphatic carbocycles. The lowest BCUT2D eigenvalue weighted by atomic mass is 9.55. The minimum atomic E-state index is 0.333. The van der Waals surface area contributed by atoms with Gasteiger partial charge < -0.3 is 0 Å². The predicted octanol–water partition coefficient (Wildman–Crippen LogP) is 12.6. The van der Waals surface area contributed by atoms with Crippen LogP contribution in [0.1, 0.15) is 178 Å². The van der Waals surface area contributed by atoms with Gasteiger partial charge in [-0.05, 0) is 75.5 Å². The molecule has 0 aromatic carbocycles. The quantitative estimate of drug-likeness (QED) is 0.169. The Morgan fingerprint density at radius 1 is 0.429 bits per heavy atom. The van der Waals surface area contributed by atoms with Gasteiger partial charge in [-0.1, -0.05) is 142 Å². The Kier molecular flexibility index (Phi) is 16.6. The highest BCUT2D eigenvalue weighted by Crippen LogP contribution is 2.57. The summed E-state index contributed by atoms with van der Waals surface area (Å²) in [5.74, 6) is 2.46. The van der Waals surface area contributed by atoms with Gasteiger partial charge in [-0.15, -0.1) is 0 Å². The van der Waals surface area contributed by atoms with Gasteiger partial charge in [0, 0.05) is 5.41 Å². The van der Waals surface area contributed by atoms with Gasteiger partial charge in [0.05, 0.1) is 0 Å². The van der Waals surface area contributed by atoms with Crippen LogP contribution in [-0.4, -0.2) is 0 Å². The summed E-state index contributed by atoms with van der Waals surface area (Å²) in [6, 6.07) is 0. The van der Waals surface area contributed by atoms with Crippen molar-refractivity contribution < 1.29 is 0 Å². The summed E-state index contributed by atoms with van der Waals surface area (Å²) < 4.78 is 0. The fourth-order valence-electron chi connectivity index (χ4n) is 8.27. The Balaban J connectivity index is 4.29. The molecule has 206 valence electrons. The molecular weight excluding hydrogens is 420 g/mol. The second-order valence-electron chi connectivity index (χ2n) is 11.8. The van der Waals surface area contributed by atoms with Crippen molar-refractivity contribution in [3.05, 3.63) is 22.3 Å². The Hall–Kier alpha value is -0.520. The monoisotopic (exact) mass is 487 g/mol. The van der Waals surface area contributed by atoms with E-state index in [9.17, 15) is 0 Å². The molecule has 0 aromatic rings. The Bertz CT molecular complexity index is 566. The highest BCUT2D eigenvalue weighted by molar-refractivity contribution is 5.40. The van der Waals surface area contributed by atoms with Crippen LogP contribution in [0.2, 0.25) is 0 Å². The molecule has 0 N–H and O–H groups in total. The fraction of sp³-hybridized carbons (Fsp3) is 0.886. The first kappa shape index (κ1) is 32.5. The molecule has 3 atom stereocenters. The summed E-state index contributed by atoms with van der Waals surface area (Å²) >= 11 is 0. The summed E-state index contributed by atoms with van der Waals surface area (Å²) in [7, 11) is 0. The minimum Gasteiger partial charge on any atom is -0.0667 e. The largest absolute Gasteiger partial charge is 0.0667 e. The molecule has 0 heterocycles. The van der Waals surface area contributed by atoms with E-state index in [1.807, 2.05) is 22.3 Å². The lowest BCUT2D eigenvalue weighted by molar-refractivity contribution is 0.206. The van der Waals surface area contributed by atoms with Crippen LogP contribution in [0.4, 0.5) is 0 Å². The molecule has 0 fully saturated rings. The summed E-state index contributed by atoms with van der Waals surface area (Å²) in [5, 5.41) is 0. The summed E-state index contributed by atoms with van der Waals surface area (Å²) in [5.41, 5.74) is 8.16. The van der Waals surface area contributed by atoms with Gasteiger partial charge in [0.25, 0.3) is 0 Å². The Labute approximate surface area is 223 Å². The van der Waals surface area contributed by atoms with Crippen LogP contribution in [0.3, 0.4) is 0 Å². The van der Waals surface area contributed by atoms with Gasteiger partial charge in [-0.3, -0.25) is 0 Å². The number of rotatable bonds is 18. The third-order valence-corrected chi connectivity index (χ3v) is 9.07. The van der Waals surface area contributed by atoms with Gasteiger partial charge in [-0.2, -0.15) is 0 Å². The molecule has 0 radical (unpaired) electrons. The molecule has 0 saturated carbocycles. The summed E-state index contributed by atoms with van der Waals surface area (Å²) in [6.07, 6.45) is 24.2. The predicted molar refractivity (Wildman–Crippen MR) is 161 cm³/mol. The van der Waals surface area contributed by atoms with E-state index >= 15 is 0 Å². The second-order valence-corrected chi connectivity index (χ2v) is 11.8. The van der Waals surface area contributed by atoms with Crippen molar-refractivity contribution in [1.29, 1.82) is 0 Å². The van der Waals surface area contributed by atoms with Crippen LogP contribution in [0.5, 0.6) is 0 Å². The van der Waals surface area contributed by atoms with E-state index in [4.69, 9.17) is 0 Å². The Morgan fingerprint density at radius 2 is 0.800 bits per heavy atom. The molecule has 0 amide bonds. The second kappa shape index (κ2) is 17.9. The highest BCUT2D eigenvalue weighted by atomic mass is 14.5. The maximum atomic E-state index is 2.47. The summed E-state index contributed by atoms with van der Waals surface area (Å²) in [4.78, 5) is 0. The van der Waals surface area contributed by atoms with Crippen molar-refractivity contribution in [2.45, 2.75) is 178 Å². The molecule has 0 aromatic heterocycles. The maximum Gasteiger partial charge on any atom is 0.0126 e. The fourth-order valence-corrected chi connectivity index (χ4v) is 8.27. The molecule has 35 heavy (non-hydrogen) atoms. The molecule has 0 aliphatic heterocycles. The smallest absolute Gasteiger partial charge is 0.0126 e. The first-order valence-electron chi connectivity index (χ1n) is 16.5. The zero-order valence-electron chi connectivity index (χ0n) is 26.0. The van der Waals surface area contributed by atoms with Gasteiger partial charge in [-0.25, -0.2) is 0 Å². The van der Waals surface area contributed by atoms with Crippen LogP contribution in [0.25, 0.3) is 0 Å².